The van der Waals surface area contributed by atoms with Crippen LogP contribution in [0, 0.1) is 0 Å². The van der Waals surface area contributed by atoms with E-state index < -0.39 is 0 Å². The Balaban J connectivity index is 2.30. The Bertz CT molecular complexity index is 397. The zero-order chi connectivity index (χ0) is 12.7. The van der Waals surface area contributed by atoms with Crippen molar-refractivity contribution in [3.63, 3.8) is 0 Å². The van der Waals surface area contributed by atoms with E-state index in [2.05, 4.69) is 5.32 Å². The molecule has 0 radical (unpaired) electrons. The highest BCUT2D eigenvalue weighted by Gasteiger charge is 2.04. The molecule has 0 saturated heterocycles. The lowest BCUT2D eigenvalue weighted by Gasteiger charge is -2.04. The van der Waals surface area contributed by atoms with Gasteiger partial charge in [-0.05, 0) is 24.3 Å². The first kappa shape index (κ1) is 13.8. The van der Waals surface area contributed by atoms with E-state index in [0.29, 0.717) is 10.7 Å². The summed E-state index contributed by atoms with van der Waals surface area (Å²) in [5.41, 5.74) is 2.66. The molecule has 0 saturated carbocycles. The van der Waals surface area contributed by atoms with E-state index in [4.69, 9.17) is 17.4 Å². The Hall–Kier alpha value is -1.24. The van der Waals surface area contributed by atoms with Gasteiger partial charge in [-0.15, -0.1) is 11.8 Å². The van der Waals surface area contributed by atoms with Crippen LogP contribution in [0.4, 0.5) is 5.69 Å². The SMILES string of the molecule is NNC(=O)CSCC(=O)Nc1ccc(Cl)cc1. The minimum absolute atomic E-state index is 0.157. The van der Waals surface area contributed by atoms with Gasteiger partial charge >= 0.3 is 0 Å². The van der Waals surface area contributed by atoms with Crippen LogP contribution in [0.15, 0.2) is 24.3 Å². The Morgan fingerprint density at radius 3 is 2.35 bits per heavy atom. The third-order valence-electron chi connectivity index (χ3n) is 1.76. The molecule has 0 aliphatic heterocycles. The molecule has 0 aromatic heterocycles. The quantitative estimate of drug-likeness (QED) is 0.425. The second-order valence-electron chi connectivity index (χ2n) is 3.12. The Morgan fingerprint density at radius 2 is 1.76 bits per heavy atom. The summed E-state index contributed by atoms with van der Waals surface area (Å²) in [6.45, 7) is 0. The summed E-state index contributed by atoms with van der Waals surface area (Å²) < 4.78 is 0. The average Bonchev–Trinajstić information content (AvgIpc) is 2.32. The summed E-state index contributed by atoms with van der Waals surface area (Å²) in [4.78, 5) is 22.2. The van der Waals surface area contributed by atoms with Crippen LogP contribution < -0.4 is 16.6 Å². The zero-order valence-electron chi connectivity index (χ0n) is 8.90. The topological polar surface area (TPSA) is 84.2 Å². The summed E-state index contributed by atoms with van der Waals surface area (Å²) in [7, 11) is 0. The molecule has 7 heteroatoms. The van der Waals surface area contributed by atoms with Gasteiger partial charge in [0.15, 0.2) is 0 Å². The lowest BCUT2D eigenvalue weighted by atomic mass is 10.3. The molecule has 5 nitrogen and oxygen atoms in total. The Labute approximate surface area is 108 Å². The summed E-state index contributed by atoms with van der Waals surface area (Å²) in [5.74, 6) is 4.76. The molecule has 0 heterocycles. The van der Waals surface area contributed by atoms with Crippen molar-refractivity contribution in [2.45, 2.75) is 0 Å². The number of anilines is 1. The third-order valence-corrected chi connectivity index (χ3v) is 2.94. The van der Waals surface area contributed by atoms with E-state index in [1.54, 1.807) is 24.3 Å². The zero-order valence-corrected chi connectivity index (χ0v) is 10.5. The largest absolute Gasteiger partial charge is 0.325 e. The highest BCUT2D eigenvalue weighted by atomic mass is 35.5. The lowest BCUT2D eigenvalue weighted by molar-refractivity contribution is -0.118. The van der Waals surface area contributed by atoms with Crippen LogP contribution >= 0.6 is 23.4 Å². The fourth-order valence-electron chi connectivity index (χ4n) is 1.01. The van der Waals surface area contributed by atoms with Crippen molar-refractivity contribution in [2.75, 3.05) is 16.8 Å². The number of thioether (sulfide) groups is 1. The number of carbonyl (C=O) groups is 2. The van der Waals surface area contributed by atoms with E-state index in [1.807, 2.05) is 5.43 Å². The molecule has 1 rings (SSSR count). The van der Waals surface area contributed by atoms with Crippen molar-refractivity contribution in [1.29, 1.82) is 0 Å². The number of amides is 2. The van der Waals surface area contributed by atoms with Crippen LogP contribution in [0.1, 0.15) is 0 Å². The second-order valence-corrected chi connectivity index (χ2v) is 4.54. The first-order valence-electron chi connectivity index (χ1n) is 4.74. The smallest absolute Gasteiger partial charge is 0.243 e. The summed E-state index contributed by atoms with van der Waals surface area (Å²) in [5, 5.41) is 3.29. The van der Waals surface area contributed by atoms with Gasteiger partial charge in [0, 0.05) is 10.7 Å². The molecule has 4 N–H and O–H groups in total. The standard InChI is InChI=1S/C10H12ClN3O2S/c11-7-1-3-8(4-2-7)13-9(15)5-17-6-10(16)14-12/h1-4H,5-6,12H2,(H,13,15)(H,14,16). The molecule has 0 spiro atoms. The van der Waals surface area contributed by atoms with Crippen molar-refractivity contribution in [2.24, 2.45) is 5.84 Å². The van der Waals surface area contributed by atoms with E-state index in [0.717, 1.165) is 0 Å². The van der Waals surface area contributed by atoms with Crippen LogP contribution in [0.2, 0.25) is 5.02 Å². The summed E-state index contributed by atoms with van der Waals surface area (Å²) in [6.07, 6.45) is 0. The van der Waals surface area contributed by atoms with Crippen molar-refractivity contribution < 1.29 is 9.59 Å². The molecular formula is C10H12ClN3O2S. The predicted octanol–water partition coefficient (Wildman–Crippen LogP) is 1.00. The number of nitrogens with one attached hydrogen (secondary N) is 2. The van der Waals surface area contributed by atoms with Crippen molar-refractivity contribution >= 4 is 40.9 Å². The van der Waals surface area contributed by atoms with Gasteiger partial charge in [0.25, 0.3) is 0 Å². The van der Waals surface area contributed by atoms with E-state index in [-0.39, 0.29) is 23.3 Å². The predicted molar refractivity (Wildman–Crippen MR) is 69.7 cm³/mol. The molecular weight excluding hydrogens is 262 g/mol. The monoisotopic (exact) mass is 273 g/mol. The molecule has 17 heavy (non-hydrogen) atoms. The maximum atomic E-state index is 11.4. The minimum atomic E-state index is -0.311. The van der Waals surface area contributed by atoms with Crippen molar-refractivity contribution in [3.05, 3.63) is 29.3 Å². The van der Waals surface area contributed by atoms with E-state index in [9.17, 15) is 9.59 Å². The highest BCUT2D eigenvalue weighted by molar-refractivity contribution is 8.00. The van der Waals surface area contributed by atoms with Gasteiger partial charge < -0.3 is 5.32 Å². The average molecular weight is 274 g/mol. The molecule has 1 aromatic carbocycles. The number of halogens is 1. The van der Waals surface area contributed by atoms with Crippen LogP contribution in [0.25, 0.3) is 0 Å². The van der Waals surface area contributed by atoms with Crippen LogP contribution in [0.3, 0.4) is 0 Å². The summed E-state index contributed by atoms with van der Waals surface area (Å²) >= 11 is 6.90. The number of carbonyl (C=O) groups excluding carboxylic acids is 2. The van der Waals surface area contributed by atoms with Gasteiger partial charge in [0.2, 0.25) is 11.8 Å². The fraction of sp³-hybridized carbons (Fsp3) is 0.200. The molecule has 0 bridgehead atoms. The molecule has 2 amide bonds. The lowest BCUT2D eigenvalue weighted by Crippen LogP contribution is -2.32. The Kier molecular flexibility index (Phi) is 5.82. The van der Waals surface area contributed by atoms with Gasteiger partial charge in [0.1, 0.15) is 0 Å². The van der Waals surface area contributed by atoms with Crippen LogP contribution in [0.5, 0.6) is 0 Å². The van der Waals surface area contributed by atoms with E-state index in [1.165, 1.54) is 11.8 Å². The fourth-order valence-corrected chi connectivity index (χ4v) is 1.76. The van der Waals surface area contributed by atoms with Crippen molar-refractivity contribution in [3.8, 4) is 0 Å². The normalized spacial score (nSPS) is 9.76. The Morgan fingerprint density at radius 1 is 1.18 bits per heavy atom. The number of rotatable bonds is 5. The second kappa shape index (κ2) is 7.16. The first-order valence-corrected chi connectivity index (χ1v) is 6.27. The van der Waals surface area contributed by atoms with Gasteiger partial charge in [-0.3, -0.25) is 15.0 Å². The van der Waals surface area contributed by atoms with Crippen molar-refractivity contribution in [1.82, 2.24) is 5.43 Å². The van der Waals surface area contributed by atoms with Crippen LogP contribution in [-0.4, -0.2) is 23.3 Å². The maximum Gasteiger partial charge on any atom is 0.243 e. The van der Waals surface area contributed by atoms with Gasteiger partial charge in [0.05, 0.1) is 11.5 Å². The first-order chi connectivity index (χ1) is 8.11. The van der Waals surface area contributed by atoms with Gasteiger partial charge in [-0.25, -0.2) is 5.84 Å². The molecule has 0 fully saturated rings. The number of benzene rings is 1. The van der Waals surface area contributed by atoms with E-state index >= 15 is 0 Å². The van der Waals surface area contributed by atoms with Crippen LogP contribution in [-0.2, 0) is 9.59 Å². The molecule has 1 aromatic rings. The molecule has 0 aliphatic rings. The molecule has 0 atom stereocenters. The minimum Gasteiger partial charge on any atom is -0.325 e. The number of hydrogen-bond acceptors (Lipinski definition) is 4. The van der Waals surface area contributed by atoms with Gasteiger partial charge in [-0.1, -0.05) is 11.6 Å². The number of hydrazine groups is 1. The number of hydrogen-bond donors (Lipinski definition) is 3. The maximum absolute atomic E-state index is 11.4. The molecule has 0 aliphatic carbocycles. The van der Waals surface area contributed by atoms with Gasteiger partial charge in [-0.2, -0.15) is 0 Å². The highest BCUT2D eigenvalue weighted by Crippen LogP contribution is 2.13. The summed E-state index contributed by atoms with van der Waals surface area (Å²) in [6, 6.07) is 6.79. The third kappa shape index (κ3) is 5.58. The number of nitrogens with two attached hydrogens (primary N) is 1. The molecule has 0 unspecified atom stereocenters. The molecule has 92 valence electrons.